The summed E-state index contributed by atoms with van der Waals surface area (Å²) >= 11 is 0. The van der Waals surface area contributed by atoms with Crippen LogP contribution in [0, 0.1) is 5.92 Å². The standard InChI is InChI=1S/C7H15NO3/c9-4-6-1-8(2-6)3-7(11)5-10/h6-7,9-11H,1-5H2. The molecule has 3 N–H and O–H groups in total. The molecule has 0 spiro atoms. The second-order valence-corrected chi connectivity index (χ2v) is 3.10. The molecule has 66 valence electrons. The Morgan fingerprint density at radius 3 is 2.45 bits per heavy atom. The molecule has 0 aromatic rings. The number of β-amino-alcohol motifs (C(OH)–C–C–N with tert-alkyl or cyclic N) is 1. The average molecular weight is 161 g/mol. The molecule has 0 aromatic carbocycles. The Bertz CT molecular complexity index is 114. The number of nitrogens with zero attached hydrogens (tertiary/aromatic N) is 1. The van der Waals surface area contributed by atoms with Crippen LogP contribution < -0.4 is 0 Å². The second kappa shape index (κ2) is 4.01. The van der Waals surface area contributed by atoms with Crippen LogP contribution in [0.1, 0.15) is 0 Å². The number of rotatable bonds is 4. The molecule has 1 atom stereocenters. The second-order valence-electron chi connectivity index (χ2n) is 3.10. The predicted molar refractivity (Wildman–Crippen MR) is 40.1 cm³/mol. The van der Waals surface area contributed by atoms with Crippen LogP contribution in [0.5, 0.6) is 0 Å². The van der Waals surface area contributed by atoms with E-state index in [-0.39, 0.29) is 13.2 Å². The molecule has 1 fully saturated rings. The molecule has 11 heavy (non-hydrogen) atoms. The Labute approximate surface area is 66.1 Å². The Balaban J connectivity index is 2.04. The lowest BCUT2D eigenvalue weighted by Gasteiger charge is -2.39. The van der Waals surface area contributed by atoms with Gasteiger partial charge in [-0.15, -0.1) is 0 Å². The van der Waals surface area contributed by atoms with Crippen LogP contribution in [0.4, 0.5) is 0 Å². The van der Waals surface area contributed by atoms with Gasteiger partial charge in [-0.25, -0.2) is 0 Å². The van der Waals surface area contributed by atoms with Crippen molar-refractivity contribution in [1.29, 1.82) is 0 Å². The molecule has 1 saturated heterocycles. The van der Waals surface area contributed by atoms with E-state index in [1.165, 1.54) is 0 Å². The topological polar surface area (TPSA) is 63.9 Å². The summed E-state index contributed by atoms with van der Waals surface area (Å²) in [6, 6.07) is 0. The normalized spacial score (nSPS) is 23.2. The minimum atomic E-state index is -0.630. The predicted octanol–water partition coefficient (Wildman–Crippen LogP) is -1.74. The molecule has 1 aliphatic rings. The van der Waals surface area contributed by atoms with Gasteiger partial charge in [0.2, 0.25) is 0 Å². The maximum absolute atomic E-state index is 9.00. The zero-order chi connectivity index (χ0) is 8.27. The van der Waals surface area contributed by atoms with Crippen molar-refractivity contribution < 1.29 is 15.3 Å². The van der Waals surface area contributed by atoms with Gasteiger partial charge in [0.1, 0.15) is 0 Å². The van der Waals surface area contributed by atoms with Gasteiger partial charge in [-0.2, -0.15) is 0 Å². The lowest BCUT2D eigenvalue weighted by Crippen LogP contribution is -2.51. The fraction of sp³-hybridized carbons (Fsp3) is 1.00. The summed E-state index contributed by atoms with van der Waals surface area (Å²) in [5.41, 5.74) is 0. The van der Waals surface area contributed by atoms with Crippen LogP contribution in [-0.2, 0) is 0 Å². The minimum Gasteiger partial charge on any atom is -0.396 e. The van der Waals surface area contributed by atoms with Gasteiger partial charge in [0, 0.05) is 32.2 Å². The third kappa shape index (κ3) is 2.41. The van der Waals surface area contributed by atoms with E-state index >= 15 is 0 Å². The third-order valence-electron chi connectivity index (χ3n) is 1.97. The smallest absolute Gasteiger partial charge is 0.0897 e. The van der Waals surface area contributed by atoms with Crippen LogP contribution in [0.2, 0.25) is 0 Å². The van der Waals surface area contributed by atoms with Crippen LogP contribution >= 0.6 is 0 Å². The van der Waals surface area contributed by atoms with Gasteiger partial charge in [0.05, 0.1) is 12.7 Å². The maximum atomic E-state index is 9.00. The molecule has 0 saturated carbocycles. The molecule has 0 aliphatic carbocycles. The number of aliphatic hydroxyl groups is 3. The Morgan fingerprint density at radius 2 is 2.00 bits per heavy atom. The summed E-state index contributed by atoms with van der Waals surface area (Å²) in [6.07, 6.45) is -0.630. The first-order chi connectivity index (χ1) is 5.26. The van der Waals surface area contributed by atoms with Crippen molar-refractivity contribution in [1.82, 2.24) is 4.90 Å². The largest absolute Gasteiger partial charge is 0.396 e. The van der Waals surface area contributed by atoms with Crippen molar-refractivity contribution >= 4 is 0 Å². The fourth-order valence-corrected chi connectivity index (χ4v) is 1.30. The maximum Gasteiger partial charge on any atom is 0.0897 e. The SMILES string of the molecule is OCC(O)CN1CC(CO)C1. The highest BCUT2D eigenvalue weighted by Gasteiger charge is 2.26. The Morgan fingerprint density at radius 1 is 1.36 bits per heavy atom. The summed E-state index contributed by atoms with van der Waals surface area (Å²) in [6.45, 7) is 2.25. The molecular weight excluding hydrogens is 146 g/mol. The van der Waals surface area contributed by atoms with Crippen molar-refractivity contribution in [3.05, 3.63) is 0 Å². The van der Waals surface area contributed by atoms with Gasteiger partial charge >= 0.3 is 0 Å². The van der Waals surface area contributed by atoms with Crippen molar-refractivity contribution in [3.63, 3.8) is 0 Å². The van der Waals surface area contributed by atoms with Crippen LogP contribution in [-0.4, -0.2) is 59.2 Å². The Hall–Kier alpha value is -0.160. The number of likely N-dealkylation sites (tertiary alicyclic amines) is 1. The van der Waals surface area contributed by atoms with Crippen molar-refractivity contribution in [2.45, 2.75) is 6.10 Å². The van der Waals surface area contributed by atoms with Crippen LogP contribution in [0.15, 0.2) is 0 Å². The zero-order valence-corrected chi connectivity index (χ0v) is 6.48. The third-order valence-corrected chi connectivity index (χ3v) is 1.97. The van der Waals surface area contributed by atoms with Crippen molar-refractivity contribution in [2.75, 3.05) is 32.8 Å². The van der Waals surface area contributed by atoms with Crippen molar-refractivity contribution in [3.8, 4) is 0 Å². The summed E-state index contributed by atoms with van der Waals surface area (Å²) in [5.74, 6) is 0.376. The monoisotopic (exact) mass is 161 g/mol. The average Bonchev–Trinajstić information content (AvgIpc) is 1.95. The van der Waals surface area contributed by atoms with Gasteiger partial charge in [0.25, 0.3) is 0 Å². The Kier molecular flexibility index (Phi) is 3.26. The summed E-state index contributed by atoms with van der Waals surface area (Å²) in [5, 5.41) is 26.2. The molecule has 1 rings (SSSR count). The first-order valence-corrected chi connectivity index (χ1v) is 3.88. The highest BCUT2D eigenvalue weighted by molar-refractivity contribution is 4.80. The van der Waals surface area contributed by atoms with E-state index in [0.717, 1.165) is 13.1 Å². The highest BCUT2D eigenvalue weighted by atomic mass is 16.3. The molecule has 0 aromatic heterocycles. The van der Waals surface area contributed by atoms with Gasteiger partial charge in [-0.05, 0) is 0 Å². The lowest BCUT2D eigenvalue weighted by atomic mass is 10.0. The van der Waals surface area contributed by atoms with Gasteiger partial charge in [-0.3, -0.25) is 4.90 Å². The molecule has 0 amide bonds. The van der Waals surface area contributed by atoms with E-state index < -0.39 is 6.10 Å². The first kappa shape index (κ1) is 8.93. The molecule has 1 heterocycles. The van der Waals surface area contributed by atoms with Crippen molar-refractivity contribution in [2.24, 2.45) is 5.92 Å². The molecule has 4 nitrogen and oxygen atoms in total. The summed E-state index contributed by atoms with van der Waals surface area (Å²) < 4.78 is 0. The van der Waals surface area contributed by atoms with Gasteiger partial charge in [-0.1, -0.05) is 0 Å². The lowest BCUT2D eigenvalue weighted by molar-refractivity contribution is -0.00142. The molecule has 4 heteroatoms. The molecule has 1 aliphatic heterocycles. The van der Waals surface area contributed by atoms with E-state index in [4.69, 9.17) is 15.3 Å². The molecule has 0 bridgehead atoms. The van der Waals surface area contributed by atoms with E-state index in [9.17, 15) is 0 Å². The summed E-state index contributed by atoms with van der Waals surface area (Å²) in [4.78, 5) is 2.02. The molecular formula is C7H15NO3. The van der Waals surface area contributed by atoms with Crippen LogP contribution in [0.3, 0.4) is 0 Å². The first-order valence-electron chi connectivity index (χ1n) is 3.88. The van der Waals surface area contributed by atoms with E-state index in [0.29, 0.717) is 12.5 Å². The number of hydrogen-bond acceptors (Lipinski definition) is 4. The zero-order valence-electron chi connectivity index (χ0n) is 6.48. The molecule has 1 unspecified atom stereocenters. The van der Waals surface area contributed by atoms with E-state index in [1.54, 1.807) is 0 Å². The summed E-state index contributed by atoms with van der Waals surface area (Å²) in [7, 11) is 0. The van der Waals surface area contributed by atoms with E-state index in [2.05, 4.69) is 0 Å². The molecule has 0 radical (unpaired) electrons. The highest BCUT2D eigenvalue weighted by Crippen LogP contribution is 2.14. The quantitative estimate of drug-likeness (QED) is 0.458. The van der Waals surface area contributed by atoms with Gasteiger partial charge in [0.15, 0.2) is 0 Å². The van der Waals surface area contributed by atoms with Gasteiger partial charge < -0.3 is 15.3 Å². The number of aliphatic hydroxyl groups excluding tert-OH is 3. The fourth-order valence-electron chi connectivity index (χ4n) is 1.30. The number of hydrogen-bond donors (Lipinski definition) is 3. The van der Waals surface area contributed by atoms with E-state index in [1.807, 2.05) is 4.90 Å². The van der Waals surface area contributed by atoms with Crippen LogP contribution in [0.25, 0.3) is 0 Å². The minimum absolute atomic E-state index is 0.180.